The number of benzene rings is 1. The molecule has 1 aliphatic carbocycles. The molecule has 1 heterocycles. The van der Waals surface area contributed by atoms with E-state index in [2.05, 4.69) is 5.32 Å². The van der Waals surface area contributed by atoms with E-state index in [4.69, 9.17) is 16.4 Å². The van der Waals surface area contributed by atoms with Gasteiger partial charge in [-0.15, -0.1) is 0 Å². The van der Waals surface area contributed by atoms with Crippen LogP contribution >= 0.6 is 11.6 Å². The van der Waals surface area contributed by atoms with Gasteiger partial charge in [-0.1, -0.05) is 24.6 Å². The number of amides is 2. The van der Waals surface area contributed by atoms with E-state index < -0.39 is 23.2 Å². The Morgan fingerprint density at radius 3 is 2.62 bits per heavy atom. The number of carboxylic acids is 1. The first-order valence-electron chi connectivity index (χ1n) is 9.85. The highest BCUT2D eigenvalue weighted by Gasteiger charge is 2.40. The van der Waals surface area contributed by atoms with Crippen LogP contribution in [0, 0.1) is 23.2 Å². The Labute approximate surface area is 175 Å². The molecule has 2 aliphatic rings. The second-order valence-electron chi connectivity index (χ2n) is 8.76. The van der Waals surface area contributed by atoms with E-state index in [0.717, 1.165) is 6.42 Å². The molecule has 1 aliphatic heterocycles. The second-order valence-corrected chi connectivity index (χ2v) is 9.17. The van der Waals surface area contributed by atoms with Crippen molar-refractivity contribution in [3.63, 3.8) is 0 Å². The molecule has 29 heavy (non-hydrogen) atoms. The van der Waals surface area contributed by atoms with E-state index in [0.29, 0.717) is 41.6 Å². The predicted molar refractivity (Wildman–Crippen MR) is 108 cm³/mol. The van der Waals surface area contributed by atoms with Crippen LogP contribution in [0.25, 0.3) is 0 Å². The summed E-state index contributed by atoms with van der Waals surface area (Å²) in [6.07, 6.45) is 1.88. The lowest BCUT2D eigenvalue weighted by Gasteiger charge is -2.31. The maximum absolute atomic E-state index is 12.7. The van der Waals surface area contributed by atoms with Crippen molar-refractivity contribution in [3.05, 3.63) is 28.8 Å². The van der Waals surface area contributed by atoms with Crippen molar-refractivity contribution in [2.45, 2.75) is 46.6 Å². The number of aliphatic carboxylic acids is 1. The van der Waals surface area contributed by atoms with Crippen LogP contribution in [-0.2, 0) is 25.8 Å². The van der Waals surface area contributed by atoms with Gasteiger partial charge >= 0.3 is 5.97 Å². The number of anilines is 1. The number of carboxylic acid groups (broad SMARTS) is 1. The number of hydrogen-bond donors (Lipinski definition) is 2. The van der Waals surface area contributed by atoms with Crippen molar-refractivity contribution in [1.29, 1.82) is 0 Å². The van der Waals surface area contributed by atoms with Crippen LogP contribution in [0.1, 0.15) is 45.6 Å². The van der Waals surface area contributed by atoms with Gasteiger partial charge in [-0.05, 0) is 56.7 Å². The Bertz CT molecular complexity index is 825. The van der Waals surface area contributed by atoms with Crippen molar-refractivity contribution in [1.82, 2.24) is 5.06 Å². The average molecular weight is 423 g/mol. The number of halogens is 1. The number of hydrogen-bond acceptors (Lipinski definition) is 4. The molecule has 2 amide bonds. The van der Waals surface area contributed by atoms with Crippen LogP contribution in [0.2, 0.25) is 5.02 Å². The van der Waals surface area contributed by atoms with E-state index in [1.807, 2.05) is 20.8 Å². The molecule has 3 rings (SSSR count). The molecular weight excluding hydrogens is 396 g/mol. The Morgan fingerprint density at radius 1 is 1.31 bits per heavy atom. The normalized spacial score (nSPS) is 26.4. The summed E-state index contributed by atoms with van der Waals surface area (Å²) in [5, 5.41) is 13.9. The highest BCUT2D eigenvalue weighted by Crippen LogP contribution is 2.35. The predicted octanol–water partition coefficient (Wildman–Crippen LogP) is 3.72. The maximum atomic E-state index is 12.7. The zero-order valence-corrected chi connectivity index (χ0v) is 17.7. The fourth-order valence-electron chi connectivity index (χ4n) is 3.92. The van der Waals surface area contributed by atoms with Crippen LogP contribution < -0.4 is 5.32 Å². The topological polar surface area (TPSA) is 95.9 Å². The monoisotopic (exact) mass is 422 g/mol. The van der Waals surface area contributed by atoms with Crippen molar-refractivity contribution in [2.24, 2.45) is 23.2 Å². The van der Waals surface area contributed by atoms with Crippen molar-refractivity contribution < 1.29 is 24.3 Å². The molecule has 0 bridgehead atoms. The number of carbonyl (C=O) groups excluding carboxylic acids is 2. The third kappa shape index (κ3) is 4.73. The summed E-state index contributed by atoms with van der Waals surface area (Å²) in [6, 6.07) is 5.05. The molecule has 0 aromatic heterocycles. The van der Waals surface area contributed by atoms with Gasteiger partial charge in [-0.25, -0.2) is 5.06 Å². The molecule has 1 saturated carbocycles. The van der Waals surface area contributed by atoms with Crippen LogP contribution in [0.3, 0.4) is 0 Å². The summed E-state index contributed by atoms with van der Waals surface area (Å²) in [7, 11) is 0. The fraction of sp³-hybridized carbons (Fsp3) is 0.571. The molecule has 1 saturated heterocycles. The molecule has 1 unspecified atom stereocenters. The van der Waals surface area contributed by atoms with E-state index in [1.165, 1.54) is 5.06 Å². The molecule has 2 N–H and O–H groups in total. The van der Waals surface area contributed by atoms with Crippen LogP contribution in [0.5, 0.6) is 0 Å². The van der Waals surface area contributed by atoms with Gasteiger partial charge in [0, 0.05) is 10.7 Å². The second kappa shape index (κ2) is 8.32. The van der Waals surface area contributed by atoms with Gasteiger partial charge in [0.2, 0.25) is 5.91 Å². The minimum atomic E-state index is -0.927. The summed E-state index contributed by atoms with van der Waals surface area (Å²) >= 11 is 6.36. The standard InChI is InChI=1S/C21H27ClN2O5/c1-12-4-7-15(19(26)27)16(8-12)18(25)23-14-6-5-13(17(22)9-14)10-24-20(28)21(2,3)11-29-24/h5-6,9,12,15-16H,4,7-8,10-11H2,1-3H3,(H,23,25)(H,26,27)/t12?,15-,16+/m0/s1. The lowest BCUT2D eigenvalue weighted by atomic mass is 9.74. The Balaban J connectivity index is 1.68. The summed E-state index contributed by atoms with van der Waals surface area (Å²) < 4.78 is 0. The summed E-state index contributed by atoms with van der Waals surface area (Å²) in [4.78, 5) is 42.0. The Kier molecular flexibility index (Phi) is 6.19. The third-order valence-electron chi connectivity index (χ3n) is 5.79. The van der Waals surface area contributed by atoms with Crippen molar-refractivity contribution in [2.75, 3.05) is 11.9 Å². The van der Waals surface area contributed by atoms with Crippen LogP contribution in [0.4, 0.5) is 5.69 Å². The molecule has 0 radical (unpaired) electrons. The van der Waals surface area contributed by atoms with E-state index in [9.17, 15) is 19.5 Å². The SMILES string of the molecule is CC1CC[C@H](C(=O)O)[C@H](C(=O)Nc2ccc(CN3OCC(C)(C)C3=O)c(Cl)c2)C1. The summed E-state index contributed by atoms with van der Waals surface area (Å²) in [6.45, 7) is 6.23. The molecule has 1 aromatic rings. The fourth-order valence-corrected chi connectivity index (χ4v) is 4.16. The minimum absolute atomic E-state index is 0.0999. The van der Waals surface area contributed by atoms with Gasteiger partial charge in [-0.3, -0.25) is 19.2 Å². The first-order valence-corrected chi connectivity index (χ1v) is 10.2. The molecule has 7 nitrogen and oxygen atoms in total. The number of nitrogens with one attached hydrogen (secondary N) is 1. The molecule has 3 atom stereocenters. The maximum Gasteiger partial charge on any atom is 0.307 e. The molecule has 158 valence electrons. The summed E-state index contributed by atoms with van der Waals surface area (Å²) in [5.74, 6) is -2.24. The van der Waals surface area contributed by atoms with Gasteiger partial charge in [0.15, 0.2) is 0 Å². The third-order valence-corrected chi connectivity index (χ3v) is 6.14. The lowest BCUT2D eigenvalue weighted by Crippen LogP contribution is -2.38. The van der Waals surface area contributed by atoms with Gasteiger partial charge < -0.3 is 10.4 Å². The molecule has 8 heteroatoms. The highest BCUT2D eigenvalue weighted by molar-refractivity contribution is 6.31. The van der Waals surface area contributed by atoms with Crippen molar-refractivity contribution in [3.8, 4) is 0 Å². The van der Waals surface area contributed by atoms with Gasteiger partial charge in [-0.2, -0.15) is 0 Å². The first kappa shape index (κ1) is 21.6. The molecule has 2 fully saturated rings. The highest BCUT2D eigenvalue weighted by atomic mass is 35.5. The Morgan fingerprint density at radius 2 is 2.03 bits per heavy atom. The number of nitrogens with zero attached hydrogens (tertiary/aromatic N) is 1. The molecular formula is C21H27ClN2O5. The quantitative estimate of drug-likeness (QED) is 0.753. The van der Waals surface area contributed by atoms with E-state index >= 15 is 0 Å². The largest absolute Gasteiger partial charge is 0.481 e. The summed E-state index contributed by atoms with van der Waals surface area (Å²) in [5.41, 5.74) is 0.642. The van der Waals surface area contributed by atoms with Crippen LogP contribution in [-0.4, -0.2) is 34.6 Å². The number of hydroxylamine groups is 2. The lowest BCUT2D eigenvalue weighted by molar-refractivity contribution is -0.165. The van der Waals surface area contributed by atoms with E-state index in [-0.39, 0.29) is 18.4 Å². The zero-order valence-electron chi connectivity index (χ0n) is 16.9. The Hall–Kier alpha value is -2.12. The van der Waals surface area contributed by atoms with Gasteiger partial charge in [0.25, 0.3) is 5.91 Å². The molecule has 0 spiro atoms. The van der Waals surface area contributed by atoms with Crippen molar-refractivity contribution >= 4 is 35.1 Å². The number of rotatable bonds is 5. The number of carbonyl (C=O) groups is 3. The van der Waals surface area contributed by atoms with Crippen LogP contribution in [0.15, 0.2) is 18.2 Å². The first-order chi connectivity index (χ1) is 13.6. The minimum Gasteiger partial charge on any atom is -0.481 e. The van der Waals surface area contributed by atoms with Gasteiger partial charge in [0.1, 0.15) is 0 Å². The zero-order chi connectivity index (χ0) is 21.3. The van der Waals surface area contributed by atoms with Gasteiger partial charge in [0.05, 0.1) is 30.4 Å². The smallest absolute Gasteiger partial charge is 0.307 e. The molecule has 1 aromatic carbocycles. The average Bonchev–Trinajstić information content (AvgIpc) is 2.90. The van der Waals surface area contributed by atoms with E-state index in [1.54, 1.807) is 18.2 Å².